The second kappa shape index (κ2) is 5.02. The summed E-state index contributed by atoms with van der Waals surface area (Å²) in [5.74, 6) is 8.47. The Morgan fingerprint density at radius 2 is 2.12 bits per heavy atom. The number of nitrogens with two attached hydrogens (primary N) is 1. The topological polar surface area (TPSA) is 51.2 Å². The molecule has 0 radical (unpaired) electrons. The minimum absolute atomic E-state index is 0.251. The Hall–Kier alpha value is -0.800. The van der Waals surface area contributed by atoms with E-state index in [4.69, 9.17) is 10.3 Å². The van der Waals surface area contributed by atoms with Crippen molar-refractivity contribution in [3.63, 3.8) is 0 Å². The fraction of sp³-hybridized carbons (Fsp3) is 0.692. The monoisotopic (exact) mass is 222 g/mol. The van der Waals surface area contributed by atoms with E-state index in [-0.39, 0.29) is 6.04 Å². The Labute approximate surface area is 97.4 Å². The van der Waals surface area contributed by atoms with Gasteiger partial charge in [-0.05, 0) is 32.3 Å². The molecule has 0 aromatic carbocycles. The predicted octanol–water partition coefficient (Wildman–Crippen LogP) is 2.98. The van der Waals surface area contributed by atoms with E-state index in [0.29, 0.717) is 0 Å². The molecule has 90 valence electrons. The van der Waals surface area contributed by atoms with Gasteiger partial charge in [0.05, 0.1) is 0 Å². The molecule has 1 aliphatic rings. The Kier molecular flexibility index (Phi) is 3.66. The lowest BCUT2D eigenvalue weighted by atomic mass is 9.94. The quantitative estimate of drug-likeness (QED) is 0.608. The molecule has 1 aromatic rings. The van der Waals surface area contributed by atoms with Crippen LogP contribution < -0.4 is 11.3 Å². The summed E-state index contributed by atoms with van der Waals surface area (Å²) in [6, 6.07) is 2.36. The highest BCUT2D eigenvalue weighted by atomic mass is 16.3. The average molecular weight is 222 g/mol. The Morgan fingerprint density at radius 3 is 2.62 bits per heavy atom. The van der Waals surface area contributed by atoms with Crippen molar-refractivity contribution in [2.24, 2.45) is 11.8 Å². The molecule has 0 spiro atoms. The first-order valence-corrected chi connectivity index (χ1v) is 6.23. The molecule has 1 saturated carbocycles. The van der Waals surface area contributed by atoms with Gasteiger partial charge in [-0.25, -0.2) is 0 Å². The van der Waals surface area contributed by atoms with Gasteiger partial charge in [0.2, 0.25) is 0 Å². The van der Waals surface area contributed by atoms with Crippen molar-refractivity contribution in [3.05, 3.63) is 23.2 Å². The maximum absolute atomic E-state index is 5.67. The summed E-state index contributed by atoms with van der Waals surface area (Å²) in [5, 5.41) is 0. The van der Waals surface area contributed by atoms with Crippen molar-refractivity contribution in [1.29, 1.82) is 0 Å². The Balaban J connectivity index is 2.06. The van der Waals surface area contributed by atoms with E-state index >= 15 is 0 Å². The number of nitrogens with one attached hydrogen (secondary N) is 1. The van der Waals surface area contributed by atoms with Crippen LogP contribution in [0.1, 0.15) is 55.2 Å². The number of hydrogen-bond acceptors (Lipinski definition) is 3. The number of hydrazine groups is 1. The largest absolute Gasteiger partial charge is 0.466 e. The van der Waals surface area contributed by atoms with E-state index in [0.717, 1.165) is 23.9 Å². The van der Waals surface area contributed by atoms with E-state index in [1.807, 2.05) is 13.8 Å². The molecule has 16 heavy (non-hydrogen) atoms. The molecule has 1 heterocycles. The molecule has 3 heteroatoms. The summed E-state index contributed by atoms with van der Waals surface area (Å²) >= 11 is 0. The minimum atomic E-state index is 0.251. The zero-order chi connectivity index (χ0) is 11.5. The van der Waals surface area contributed by atoms with Gasteiger partial charge in [0.25, 0.3) is 0 Å². The van der Waals surface area contributed by atoms with Crippen molar-refractivity contribution in [2.75, 3.05) is 0 Å². The average Bonchev–Trinajstić information content (AvgIpc) is 2.85. The summed E-state index contributed by atoms with van der Waals surface area (Å²) in [4.78, 5) is 0. The molecule has 3 N–H and O–H groups in total. The maximum Gasteiger partial charge on any atom is 0.105 e. The van der Waals surface area contributed by atoms with Crippen LogP contribution in [0.15, 0.2) is 10.5 Å². The van der Waals surface area contributed by atoms with Crippen LogP contribution in [0.5, 0.6) is 0 Å². The second-order valence-electron chi connectivity index (χ2n) is 4.97. The first-order chi connectivity index (χ1) is 7.70. The van der Waals surface area contributed by atoms with Gasteiger partial charge in [0.15, 0.2) is 0 Å². The highest BCUT2D eigenvalue weighted by Gasteiger charge is 2.22. The molecule has 1 fully saturated rings. The third-order valence-electron chi connectivity index (χ3n) is 3.70. The zero-order valence-corrected chi connectivity index (χ0v) is 10.3. The first-order valence-electron chi connectivity index (χ1n) is 6.23. The van der Waals surface area contributed by atoms with Crippen LogP contribution in [0.3, 0.4) is 0 Å². The molecule has 1 unspecified atom stereocenters. The molecule has 2 rings (SSSR count). The van der Waals surface area contributed by atoms with E-state index in [2.05, 4.69) is 11.5 Å². The lowest BCUT2D eigenvalue weighted by molar-refractivity contribution is 0.393. The third-order valence-corrected chi connectivity index (χ3v) is 3.70. The number of furan rings is 1. The van der Waals surface area contributed by atoms with Crippen LogP contribution in [0.25, 0.3) is 0 Å². The zero-order valence-electron chi connectivity index (χ0n) is 10.3. The van der Waals surface area contributed by atoms with Crippen LogP contribution >= 0.6 is 0 Å². The van der Waals surface area contributed by atoms with E-state index < -0.39 is 0 Å². The summed E-state index contributed by atoms with van der Waals surface area (Å²) < 4.78 is 5.57. The van der Waals surface area contributed by atoms with Crippen molar-refractivity contribution >= 4 is 0 Å². The Morgan fingerprint density at radius 1 is 1.44 bits per heavy atom. The molecule has 1 aliphatic carbocycles. The summed E-state index contributed by atoms with van der Waals surface area (Å²) in [6.45, 7) is 4.00. The van der Waals surface area contributed by atoms with Gasteiger partial charge in [-0.1, -0.05) is 25.7 Å². The highest BCUT2D eigenvalue weighted by Crippen LogP contribution is 2.34. The molecule has 0 aliphatic heterocycles. The molecule has 1 atom stereocenters. The molecule has 3 nitrogen and oxygen atoms in total. The van der Waals surface area contributed by atoms with Crippen LogP contribution in [0.4, 0.5) is 0 Å². The number of rotatable bonds is 4. The fourth-order valence-electron chi connectivity index (χ4n) is 2.86. The Bertz CT molecular complexity index is 340. The van der Waals surface area contributed by atoms with Crippen molar-refractivity contribution < 1.29 is 4.42 Å². The maximum atomic E-state index is 5.67. The van der Waals surface area contributed by atoms with E-state index in [1.54, 1.807) is 0 Å². The molecule has 0 saturated heterocycles. The van der Waals surface area contributed by atoms with Crippen molar-refractivity contribution in [2.45, 2.75) is 52.0 Å². The lowest BCUT2D eigenvalue weighted by Gasteiger charge is -2.19. The molecular formula is C13H22N2O. The summed E-state index contributed by atoms with van der Waals surface area (Å²) in [7, 11) is 0. The van der Waals surface area contributed by atoms with Crippen LogP contribution in [0, 0.1) is 19.8 Å². The van der Waals surface area contributed by atoms with E-state index in [9.17, 15) is 0 Å². The van der Waals surface area contributed by atoms with Gasteiger partial charge in [0.1, 0.15) is 11.5 Å². The molecule has 0 bridgehead atoms. The standard InChI is InChI=1S/C13H22N2O/c1-9-7-12(10(2)16-9)13(15-14)8-11-5-3-4-6-11/h7,11,13,15H,3-6,8,14H2,1-2H3. The van der Waals surface area contributed by atoms with Crippen molar-refractivity contribution in [1.82, 2.24) is 5.43 Å². The predicted molar refractivity (Wildman–Crippen MR) is 64.8 cm³/mol. The SMILES string of the molecule is Cc1cc(C(CC2CCCC2)NN)c(C)o1. The summed E-state index contributed by atoms with van der Waals surface area (Å²) in [6.07, 6.45) is 6.61. The molecule has 0 amide bonds. The minimum Gasteiger partial charge on any atom is -0.466 e. The third kappa shape index (κ3) is 2.47. The fourth-order valence-corrected chi connectivity index (χ4v) is 2.86. The molecule has 1 aromatic heterocycles. The van der Waals surface area contributed by atoms with Gasteiger partial charge in [-0.3, -0.25) is 11.3 Å². The van der Waals surface area contributed by atoms with Gasteiger partial charge in [0, 0.05) is 11.6 Å². The normalized spacial score (nSPS) is 19.2. The van der Waals surface area contributed by atoms with Crippen LogP contribution in [0.2, 0.25) is 0 Å². The smallest absolute Gasteiger partial charge is 0.105 e. The van der Waals surface area contributed by atoms with Gasteiger partial charge in [-0.2, -0.15) is 0 Å². The van der Waals surface area contributed by atoms with Crippen LogP contribution in [-0.2, 0) is 0 Å². The molecular weight excluding hydrogens is 200 g/mol. The van der Waals surface area contributed by atoms with E-state index in [1.165, 1.54) is 31.2 Å². The highest BCUT2D eigenvalue weighted by molar-refractivity contribution is 5.24. The van der Waals surface area contributed by atoms with Gasteiger partial charge >= 0.3 is 0 Å². The number of hydrogen-bond donors (Lipinski definition) is 2. The number of aryl methyl sites for hydroxylation is 2. The first kappa shape index (κ1) is 11.7. The lowest BCUT2D eigenvalue weighted by Crippen LogP contribution is -2.29. The van der Waals surface area contributed by atoms with Gasteiger partial charge < -0.3 is 4.42 Å². The second-order valence-corrected chi connectivity index (χ2v) is 4.97. The summed E-state index contributed by atoms with van der Waals surface area (Å²) in [5.41, 5.74) is 4.17. The van der Waals surface area contributed by atoms with Gasteiger partial charge in [-0.15, -0.1) is 0 Å². The van der Waals surface area contributed by atoms with Crippen molar-refractivity contribution in [3.8, 4) is 0 Å². The van der Waals surface area contributed by atoms with Crippen LogP contribution in [-0.4, -0.2) is 0 Å².